The van der Waals surface area contributed by atoms with E-state index in [0.29, 0.717) is 11.0 Å². The molecular formula is C16H24ClN3O3S. The van der Waals surface area contributed by atoms with E-state index in [1.807, 2.05) is 4.90 Å². The van der Waals surface area contributed by atoms with Crippen molar-refractivity contribution in [1.29, 1.82) is 0 Å². The predicted molar refractivity (Wildman–Crippen MR) is 95.0 cm³/mol. The van der Waals surface area contributed by atoms with Gasteiger partial charge in [0.25, 0.3) is 5.91 Å². The Bertz CT molecular complexity index is 675. The van der Waals surface area contributed by atoms with Gasteiger partial charge in [0.1, 0.15) is 0 Å². The van der Waals surface area contributed by atoms with Crippen LogP contribution in [0.3, 0.4) is 0 Å². The summed E-state index contributed by atoms with van der Waals surface area (Å²) < 4.78 is 25.7. The molecule has 2 N–H and O–H groups in total. The van der Waals surface area contributed by atoms with E-state index in [-0.39, 0.29) is 23.2 Å². The maximum atomic E-state index is 12.6. The number of benzene rings is 1. The molecule has 1 spiro atoms. The van der Waals surface area contributed by atoms with Crippen molar-refractivity contribution in [3.63, 3.8) is 0 Å². The number of piperidine rings is 1. The van der Waals surface area contributed by atoms with E-state index in [9.17, 15) is 13.2 Å². The number of carbonyl (C=O) groups is 1. The largest absolute Gasteiger partial charge is 0.339 e. The van der Waals surface area contributed by atoms with E-state index < -0.39 is 10.0 Å². The molecule has 0 bridgehead atoms. The van der Waals surface area contributed by atoms with Gasteiger partial charge in [-0.15, -0.1) is 12.4 Å². The number of hydrogen-bond donors (Lipinski definition) is 2. The highest BCUT2D eigenvalue weighted by Gasteiger charge is 2.38. The molecule has 0 aliphatic carbocycles. The van der Waals surface area contributed by atoms with Crippen LogP contribution in [-0.4, -0.2) is 52.5 Å². The second-order valence-corrected chi connectivity index (χ2v) is 8.34. The number of amides is 1. The van der Waals surface area contributed by atoms with Gasteiger partial charge in [0.05, 0.1) is 4.90 Å². The van der Waals surface area contributed by atoms with Crippen LogP contribution >= 0.6 is 12.4 Å². The number of halogens is 1. The van der Waals surface area contributed by atoms with E-state index in [1.54, 1.807) is 12.1 Å². The average Bonchev–Trinajstić information content (AvgIpc) is 3.03. The van der Waals surface area contributed by atoms with E-state index >= 15 is 0 Å². The van der Waals surface area contributed by atoms with Crippen LogP contribution in [-0.2, 0) is 10.0 Å². The average molecular weight is 374 g/mol. The lowest BCUT2D eigenvalue weighted by atomic mass is 9.78. The summed E-state index contributed by atoms with van der Waals surface area (Å²) in [7, 11) is -2.09. The summed E-state index contributed by atoms with van der Waals surface area (Å²) >= 11 is 0. The van der Waals surface area contributed by atoms with E-state index in [0.717, 1.165) is 39.0 Å². The zero-order valence-corrected chi connectivity index (χ0v) is 15.4. The van der Waals surface area contributed by atoms with Gasteiger partial charge in [-0.05, 0) is 62.5 Å². The number of hydrogen-bond acceptors (Lipinski definition) is 4. The van der Waals surface area contributed by atoms with Crippen LogP contribution in [0.5, 0.6) is 0 Å². The molecule has 2 fully saturated rings. The van der Waals surface area contributed by atoms with Gasteiger partial charge in [-0.2, -0.15) is 0 Å². The second-order valence-electron chi connectivity index (χ2n) is 6.45. The van der Waals surface area contributed by atoms with Gasteiger partial charge in [0.15, 0.2) is 0 Å². The van der Waals surface area contributed by atoms with Crippen LogP contribution in [0.25, 0.3) is 0 Å². The van der Waals surface area contributed by atoms with Crippen LogP contribution in [0.1, 0.15) is 29.6 Å². The zero-order chi connectivity index (χ0) is 16.5. The first-order valence-corrected chi connectivity index (χ1v) is 9.48. The molecule has 2 saturated heterocycles. The highest BCUT2D eigenvalue weighted by Crippen LogP contribution is 2.37. The Labute approximate surface area is 149 Å². The van der Waals surface area contributed by atoms with Crippen molar-refractivity contribution in [1.82, 2.24) is 14.9 Å². The molecule has 1 aromatic rings. The quantitative estimate of drug-likeness (QED) is 0.835. The maximum Gasteiger partial charge on any atom is 0.253 e. The predicted octanol–water partition coefficient (Wildman–Crippen LogP) is 1.23. The molecule has 8 heteroatoms. The maximum absolute atomic E-state index is 12.6. The van der Waals surface area contributed by atoms with E-state index in [1.165, 1.54) is 25.6 Å². The van der Waals surface area contributed by atoms with Gasteiger partial charge in [0.2, 0.25) is 10.0 Å². The lowest BCUT2D eigenvalue weighted by molar-refractivity contribution is 0.0607. The third-order valence-electron chi connectivity index (χ3n) is 5.12. The van der Waals surface area contributed by atoms with Crippen molar-refractivity contribution in [2.75, 3.05) is 33.2 Å². The first-order chi connectivity index (χ1) is 11.0. The Morgan fingerprint density at radius 3 is 2.29 bits per heavy atom. The van der Waals surface area contributed by atoms with Gasteiger partial charge >= 0.3 is 0 Å². The Kier molecular flexibility index (Phi) is 5.91. The van der Waals surface area contributed by atoms with E-state index in [2.05, 4.69) is 10.0 Å². The van der Waals surface area contributed by atoms with Gasteiger partial charge in [-0.3, -0.25) is 4.79 Å². The fourth-order valence-corrected chi connectivity index (χ4v) is 4.21. The highest BCUT2D eigenvalue weighted by molar-refractivity contribution is 7.89. The molecule has 134 valence electrons. The zero-order valence-electron chi connectivity index (χ0n) is 13.7. The Balaban J connectivity index is 0.00000208. The molecule has 0 aromatic heterocycles. The summed E-state index contributed by atoms with van der Waals surface area (Å²) in [5.41, 5.74) is 0.919. The van der Waals surface area contributed by atoms with E-state index in [4.69, 9.17) is 0 Å². The van der Waals surface area contributed by atoms with Crippen molar-refractivity contribution < 1.29 is 13.2 Å². The molecule has 2 heterocycles. The van der Waals surface area contributed by atoms with Crippen molar-refractivity contribution >= 4 is 28.3 Å². The van der Waals surface area contributed by atoms with Crippen molar-refractivity contribution in [2.24, 2.45) is 5.41 Å². The van der Waals surface area contributed by atoms with Gasteiger partial charge in [-0.1, -0.05) is 0 Å². The lowest BCUT2D eigenvalue weighted by Crippen LogP contribution is -2.44. The standard InChI is InChI=1S/C16H23N3O3S.ClH/c1-17-23(21,22)14-4-2-13(3-5-14)15(20)19-10-7-16(8-11-19)6-9-18-12-16;/h2-5,17-18H,6-12H2,1H3;1H. The Hall–Kier alpha value is -1.15. The van der Waals surface area contributed by atoms with Crippen LogP contribution < -0.4 is 10.0 Å². The van der Waals surface area contributed by atoms with Crippen LogP contribution in [0.4, 0.5) is 0 Å². The molecule has 0 atom stereocenters. The molecule has 2 aliphatic rings. The minimum absolute atomic E-state index is 0. The van der Waals surface area contributed by atoms with Gasteiger partial charge in [-0.25, -0.2) is 13.1 Å². The van der Waals surface area contributed by atoms with Crippen molar-refractivity contribution in [3.05, 3.63) is 29.8 Å². The normalized spacial score (nSPS) is 20.0. The monoisotopic (exact) mass is 373 g/mol. The van der Waals surface area contributed by atoms with Crippen molar-refractivity contribution in [2.45, 2.75) is 24.2 Å². The molecule has 3 rings (SSSR count). The molecule has 1 aromatic carbocycles. The molecular weight excluding hydrogens is 350 g/mol. The number of rotatable bonds is 3. The lowest BCUT2D eigenvalue weighted by Gasteiger charge is -2.38. The minimum Gasteiger partial charge on any atom is -0.339 e. The molecule has 2 aliphatic heterocycles. The number of carbonyl (C=O) groups excluding carboxylic acids is 1. The summed E-state index contributed by atoms with van der Waals surface area (Å²) in [6.07, 6.45) is 3.28. The molecule has 0 radical (unpaired) electrons. The fraction of sp³-hybridized carbons (Fsp3) is 0.562. The number of nitrogens with zero attached hydrogens (tertiary/aromatic N) is 1. The van der Waals surface area contributed by atoms with Crippen LogP contribution in [0.2, 0.25) is 0 Å². The van der Waals surface area contributed by atoms with Crippen LogP contribution in [0.15, 0.2) is 29.2 Å². The molecule has 24 heavy (non-hydrogen) atoms. The number of nitrogens with one attached hydrogen (secondary N) is 2. The summed E-state index contributed by atoms with van der Waals surface area (Å²) in [4.78, 5) is 14.6. The summed E-state index contributed by atoms with van der Waals surface area (Å²) in [6, 6.07) is 6.14. The number of likely N-dealkylation sites (tertiary alicyclic amines) is 1. The summed E-state index contributed by atoms with van der Waals surface area (Å²) in [5, 5.41) is 3.42. The first-order valence-electron chi connectivity index (χ1n) is 7.99. The van der Waals surface area contributed by atoms with Crippen molar-refractivity contribution in [3.8, 4) is 0 Å². The van der Waals surface area contributed by atoms with Crippen LogP contribution in [0, 0.1) is 5.41 Å². The summed E-state index contributed by atoms with van der Waals surface area (Å²) in [5.74, 6) is -0.0146. The molecule has 1 amide bonds. The number of sulfonamides is 1. The molecule has 0 saturated carbocycles. The Morgan fingerprint density at radius 1 is 1.17 bits per heavy atom. The third-order valence-corrected chi connectivity index (χ3v) is 6.55. The third kappa shape index (κ3) is 3.74. The van der Waals surface area contributed by atoms with Gasteiger partial charge in [0, 0.05) is 25.2 Å². The SMILES string of the molecule is CNS(=O)(=O)c1ccc(C(=O)N2CCC3(CCNC3)CC2)cc1.Cl. The minimum atomic E-state index is -3.46. The smallest absolute Gasteiger partial charge is 0.253 e. The highest BCUT2D eigenvalue weighted by atomic mass is 35.5. The topological polar surface area (TPSA) is 78.5 Å². The fourth-order valence-electron chi connectivity index (χ4n) is 3.48. The Morgan fingerprint density at radius 2 is 1.79 bits per heavy atom. The second kappa shape index (κ2) is 7.39. The summed E-state index contributed by atoms with van der Waals surface area (Å²) in [6.45, 7) is 3.69. The first kappa shape index (κ1) is 19.2. The molecule has 0 unspecified atom stereocenters. The molecule has 6 nitrogen and oxygen atoms in total. The van der Waals surface area contributed by atoms with Gasteiger partial charge < -0.3 is 10.2 Å².